The smallest absolute Gasteiger partial charge is 0.225 e. The van der Waals surface area contributed by atoms with Crippen LogP contribution < -0.4 is 0 Å². The lowest BCUT2D eigenvalue weighted by atomic mass is 10.0. The van der Waals surface area contributed by atoms with E-state index in [0.717, 1.165) is 5.56 Å². The van der Waals surface area contributed by atoms with Crippen molar-refractivity contribution >= 4 is 5.91 Å². The number of nitrogens with zero attached hydrogens (tertiary/aromatic N) is 1. The standard InChI is InChI=1S/C14H19NO2/c1-11(2)14(16)15-8-9-17-10-13(15)12-6-4-3-5-7-12/h3-7,11,13H,8-10H2,1-2H3. The van der Waals surface area contributed by atoms with Crippen molar-refractivity contribution in [2.45, 2.75) is 19.9 Å². The van der Waals surface area contributed by atoms with E-state index in [1.54, 1.807) is 0 Å². The predicted octanol–water partition coefficient (Wildman–Crippen LogP) is 2.24. The highest BCUT2D eigenvalue weighted by Crippen LogP contribution is 2.25. The molecule has 1 aliphatic heterocycles. The molecule has 1 heterocycles. The first-order valence-corrected chi connectivity index (χ1v) is 6.13. The Bertz CT molecular complexity index is 375. The van der Waals surface area contributed by atoms with Gasteiger partial charge in [0.25, 0.3) is 0 Å². The predicted molar refractivity (Wildman–Crippen MR) is 66.6 cm³/mol. The van der Waals surface area contributed by atoms with Gasteiger partial charge in [-0.25, -0.2) is 0 Å². The zero-order valence-electron chi connectivity index (χ0n) is 10.4. The third-order valence-electron chi connectivity index (χ3n) is 3.09. The summed E-state index contributed by atoms with van der Waals surface area (Å²) in [5.74, 6) is 0.251. The average molecular weight is 233 g/mol. The second-order valence-electron chi connectivity index (χ2n) is 4.69. The summed E-state index contributed by atoms with van der Waals surface area (Å²) in [5, 5.41) is 0. The minimum atomic E-state index is 0.0410. The van der Waals surface area contributed by atoms with Gasteiger partial charge in [-0.1, -0.05) is 44.2 Å². The molecule has 0 aliphatic carbocycles. The van der Waals surface area contributed by atoms with Gasteiger partial charge in [-0.3, -0.25) is 4.79 Å². The second kappa shape index (κ2) is 5.32. The monoisotopic (exact) mass is 233 g/mol. The van der Waals surface area contributed by atoms with Crippen molar-refractivity contribution in [3.63, 3.8) is 0 Å². The molecule has 1 atom stereocenters. The third-order valence-corrected chi connectivity index (χ3v) is 3.09. The number of carbonyl (C=O) groups excluding carboxylic acids is 1. The Balaban J connectivity index is 2.21. The molecule has 92 valence electrons. The molecule has 1 amide bonds. The van der Waals surface area contributed by atoms with Gasteiger partial charge < -0.3 is 9.64 Å². The molecule has 1 fully saturated rings. The quantitative estimate of drug-likeness (QED) is 0.784. The topological polar surface area (TPSA) is 29.5 Å². The normalized spacial score (nSPS) is 20.6. The van der Waals surface area contributed by atoms with Crippen LogP contribution in [0.1, 0.15) is 25.5 Å². The minimum Gasteiger partial charge on any atom is -0.377 e. The van der Waals surface area contributed by atoms with Gasteiger partial charge in [-0.15, -0.1) is 0 Å². The fourth-order valence-electron chi connectivity index (χ4n) is 2.15. The molecule has 17 heavy (non-hydrogen) atoms. The van der Waals surface area contributed by atoms with Crippen molar-refractivity contribution in [3.8, 4) is 0 Å². The maximum atomic E-state index is 12.2. The molecule has 1 aliphatic rings. The Morgan fingerprint density at radius 2 is 2.06 bits per heavy atom. The van der Waals surface area contributed by atoms with Gasteiger partial charge in [-0.2, -0.15) is 0 Å². The van der Waals surface area contributed by atoms with E-state index >= 15 is 0 Å². The molecule has 2 rings (SSSR count). The molecular weight excluding hydrogens is 214 g/mol. The van der Waals surface area contributed by atoms with Crippen LogP contribution in [0.25, 0.3) is 0 Å². The molecule has 3 heteroatoms. The maximum absolute atomic E-state index is 12.2. The Morgan fingerprint density at radius 1 is 1.35 bits per heavy atom. The number of morpholine rings is 1. The summed E-state index contributed by atoms with van der Waals surface area (Å²) in [5.41, 5.74) is 1.15. The lowest BCUT2D eigenvalue weighted by Crippen LogP contribution is -2.45. The van der Waals surface area contributed by atoms with E-state index in [9.17, 15) is 4.79 Å². The lowest BCUT2D eigenvalue weighted by Gasteiger charge is -2.37. The molecule has 1 aromatic carbocycles. The molecular formula is C14H19NO2. The highest BCUT2D eigenvalue weighted by Gasteiger charge is 2.29. The zero-order valence-corrected chi connectivity index (χ0v) is 10.4. The number of hydrogen-bond acceptors (Lipinski definition) is 2. The minimum absolute atomic E-state index is 0.0410. The van der Waals surface area contributed by atoms with Crippen molar-refractivity contribution in [2.75, 3.05) is 19.8 Å². The van der Waals surface area contributed by atoms with Gasteiger partial charge in [0.2, 0.25) is 5.91 Å². The van der Waals surface area contributed by atoms with E-state index in [1.165, 1.54) is 0 Å². The van der Waals surface area contributed by atoms with Crippen LogP contribution in [0.4, 0.5) is 0 Å². The molecule has 0 radical (unpaired) electrons. The van der Waals surface area contributed by atoms with Crippen molar-refractivity contribution in [1.82, 2.24) is 4.90 Å². The number of hydrogen-bond donors (Lipinski definition) is 0. The first kappa shape index (κ1) is 12.1. The van der Waals surface area contributed by atoms with Crippen LogP contribution in [0.5, 0.6) is 0 Å². The molecule has 0 saturated carbocycles. The highest BCUT2D eigenvalue weighted by molar-refractivity contribution is 5.78. The van der Waals surface area contributed by atoms with E-state index in [0.29, 0.717) is 19.8 Å². The van der Waals surface area contributed by atoms with Crippen molar-refractivity contribution in [3.05, 3.63) is 35.9 Å². The Kier molecular flexibility index (Phi) is 3.79. The lowest BCUT2D eigenvalue weighted by molar-refractivity contribution is -0.143. The van der Waals surface area contributed by atoms with Crippen LogP contribution in [-0.2, 0) is 9.53 Å². The summed E-state index contributed by atoms with van der Waals surface area (Å²) in [6.07, 6.45) is 0. The molecule has 3 nitrogen and oxygen atoms in total. The van der Waals surface area contributed by atoms with Gasteiger partial charge >= 0.3 is 0 Å². The van der Waals surface area contributed by atoms with Crippen molar-refractivity contribution < 1.29 is 9.53 Å². The van der Waals surface area contributed by atoms with Crippen LogP contribution in [0, 0.1) is 5.92 Å². The van der Waals surface area contributed by atoms with Crippen molar-refractivity contribution in [1.29, 1.82) is 0 Å². The molecule has 1 unspecified atom stereocenters. The summed E-state index contributed by atoms with van der Waals surface area (Å²) in [6.45, 7) is 5.82. The van der Waals surface area contributed by atoms with Gasteiger partial charge in [0.15, 0.2) is 0 Å². The first-order chi connectivity index (χ1) is 8.20. The van der Waals surface area contributed by atoms with E-state index in [4.69, 9.17) is 4.74 Å². The van der Waals surface area contributed by atoms with Crippen LogP contribution >= 0.6 is 0 Å². The SMILES string of the molecule is CC(C)C(=O)N1CCOCC1c1ccccc1. The van der Waals surface area contributed by atoms with Crippen LogP contribution in [-0.4, -0.2) is 30.6 Å². The van der Waals surface area contributed by atoms with E-state index in [-0.39, 0.29) is 17.9 Å². The summed E-state index contributed by atoms with van der Waals surface area (Å²) in [4.78, 5) is 14.1. The number of carbonyl (C=O) groups is 1. The Hall–Kier alpha value is -1.35. The average Bonchev–Trinajstić information content (AvgIpc) is 2.39. The van der Waals surface area contributed by atoms with E-state index < -0.39 is 0 Å². The number of benzene rings is 1. The molecule has 1 aromatic rings. The Labute approximate surface area is 102 Å². The zero-order chi connectivity index (χ0) is 12.3. The van der Waals surface area contributed by atoms with Crippen molar-refractivity contribution in [2.24, 2.45) is 5.92 Å². The molecule has 0 N–H and O–H groups in total. The molecule has 0 spiro atoms. The first-order valence-electron chi connectivity index (χ1n) is 6.13. The van der Waals surface area contributed by atoms with Gasteiger partial charge in [0, 0.05) is 12.5 Å². The fourth-order valence-corrected chi connectivity index (χ4v) is 2.15. The van der Waals surface area contributed by atoms with Crippen LogP contribution in [0.15, 0.2) is 30.3 Å². The fraction of sp³-hybridized carbons (Fsp3) is 0.500. The third kappa shape index (κ3) is 2.67. The van der Waals surface area contributed by atoms with Gasteiger partial charge in [-0.05, 0) is 5.56 Å². The van der Waals surface area contributed by atoms with Gasteiger partial charge in [0.1, 0.15) is 0 Å². The summed E-state index contributed by atoms with van der Waals surface area (Å²) in [7, 11) is 0. The van der Waals surface area contributed by atoms with E-state index in [2.05, 4.69) is 12.1 Å². The number of rotatable bonds is 2. The highest BCUT2D eigenvalue weighted by atomic mass is 16.5. The molecule has 0 aromatic heterocycles. The summed E-state index contributed by atoms with van der Waals surface area (Å²) >= 11 is 0. The van der Waals surface area contributed by atoms with Crippen LogP contribution in [0.3, 0.4) is 0 Å². The maximum Gasteiger partial charge on any atom is 0.225 e. The number of amides is 1. The molecule has 1 saturated heterocycles. The number of ether oxygens (including phenoxy) is 1. The van der Waals surface area contributed by atoms with E-state index in [1.807, 2.05) is 36.9 Å². The van der Waals surface area contributed by atoms with Gasteiger partial charge in [0.05, 0.1) is 19.3 Å². The summed E-state index contributed by atoms with van der Waals surface area (Å²) in [6, 6.07) is 10.2. The molecule has 0 bridgehead atoms. The largest absolute Gasteiger partial charge is 0.377 e. The van der Waals surface area contributed by atoms with Crippen LogP contribution in [0.2, 0.25) is 0 Å². The summed E-state index contributed by atoms with van der Waals surface area (Å²) < 4.78 is 5.50. The second-order valence-corrected chi connectivity index (χ2v) is 4.69. The Morgan fingerprint density at radius 3 is 2.71 bits per heavy atom.